The molecule has 1 atom stereocenters. The number of aromatic nitrogens is 2. The molecule has 0 saturated carbocycles. The fraction of sp³-hybridized carbons (Fsp3) is 0.529. The molecule has 1 aromatic heterocycles. The molecule has 40 heavy (non-hydrogen) atoms. The summed E-state index contributed by atoms with van der Waals surface area (Å²) in [5.74, 6) is 1.54. The number of anilines is 1. The number of aryl methyl sites for hydroxylation is 4. The Morgan fingerprint density at radius 1 is 0.950 bits per heavy atom. The van der Waals surface area contributed by atoms with Crippen molar-refractivity contribution >= 4 is 5.82 Å². The lowest BCUT2D eigenvalue weighted by molar-refractivity contribution is -0.169. The van der Waals surface area contributed by atoms with Gasteiger partial charge in [0.05, 0.1) is 13.2 Å². The molecule has 3 aromatic rings. The molecule has 3 aliphatic rings. The highest BCUT2D eigenvalue weighted by atomic mass is 16.7. The third-order valence-corrected chi connectivity index (χ3v) is 9.33. The van der Waals surface area contributed by atoms with Crippen LogP contribution in [0.2, 0.25) is 0 Å². The highest BCUT2D eigenvalue weighted by molar-refractivity contribution is 5.68. The van der Waals surface area contributed by atoms with E-state index in [9.17, 15) is 0 Å². The van der Waals surface area contributed by atoms with Crippen molar-refractivity contribution < 1.29 is 9.47 Å². The van der Waals surface area contributed by atoms with Crippen LogP contribution >= 0.6 is 0 Å². The normalized spacial score (nSPS) is 20.3. The van der Waals surface area contributed by atoms with Crippen LogP contribution in [-0.2, 0) is 35.3 Å². The Labute approximate surface area is 239 Å². The predicted octanol–water partition coefficient (Wildman–Crippen LogP) is 6.43. The molecule has 0 radical (unpaired) electrons. The largest absolute Gasteiger partial charge is 0.356 e. The molecular weight excluding hydrogens is 496 g/mol. The Hall–Kier alpha value is -2.80. The van der Waals surface area contributed by atoms with Gasteiger partial charge in [-0.25, -0.2) is 9.97 Å². The Balaban J connectivity index is 1.39. The van der Waals surface area contributed by atoms with Gasteiger partial charge >= 0.3 is 0 Å². The van der Waals surface area contributed by atoms with Gasteiger partial charge in [-0.3, -0.25) is 4.90 Å². The molecule has 3 heterocycles. The maximum absolute atomic E-state index is 6.06. The maximum atomic E-state index is 6.06. The van der Waals surface area contributed by atoms with Crippen molar-refractivity contribution in [1.29, 1.82) is 0 Å². The highest BCUT2D eigenvalue weighted by Gasteiger charge is 2.41. The van der Waals surface area contributed by atoms with Crippen LogP contribution in [0.4, 0.5) is 5.82 Å². The SMILES string of the molecule is CCc1cccc(CC)c1-c1nc(C)c(CN(C)[C@H]2CCCc3ccccc32)c(N2CCC3(CC2)OCCO3)n1. The van der Waals surface area contributed by atoms with E-state index in [-0.39, 0.29) is 0 Å². The van der Waals surface area contributed by atoms with E-state index in [0.717, 1.165) is 62.7 Å². The van der Waals surface area contributed by atoms with Crippen molar-refractivity contribution in [3.63, 3.8) is 0 Å². The van der Waals surface area contributed by atoms with Crippen LogP contribution in [0.5, 0.6) is 0 Å². The molecule has 1 aliphatic carbocycles. The molecule has 6 nitrogen and oxygen atoms in total. The molecule has 6 rings (SSSR count). The van der Waals surface area contributed by atoms with E-state index in [2.05, 4.69) is 80.1 Å². The van der Waals surface area contributed by atoms with Gasteiger partial charge in [0.1, 0.15) is 5.82 Å². The molecule has 0 amide bonds. The van der Waals surface area contributed by atoms with Gasteiger partial charge in [-0.1, -0.05) is 56.3 Å². The highest BCUT2D eigenvalue weighted by Crippen LogP contribution is 2.38. The minimum Gasteiger partial charge on any atom is -0.356 e. The van der Waals surface area contributed by atoms with E-state index in [0.29, 0.717) is 19.3 Å². The number of hydrogen-bond donors (Lipinski definition) is 0. The molecule has 0 unspecified atom stereocenters. The Morgan fingerprint density at radius 3 is 2.35 bits per heavy atom. The first-order valence-corrected chi connectivity index (χ1v) is 15.3. The summed E-state index contributed by atoms with van der Waals surface area (Å²) in [5.41, 5.74) is 9.15. The van der Waals surface area contributed by atoms with Crippen LogP contribution in [-0.4, -0.2) is 54.0 Å². The van der Waals surface area contributed by atoms with Gasteiger partial charge in [-0.15, -0.1) is 0 Å². The van der Waals surface area contributed by atoms with Gasteiger partial charge < -0.3 is 14.4 Å². The van der Waals surface area contributed by atoms with Crippen LogP contribution < -0.4 is 4.90 Å². The van der Waals surface area contributed by atoms with Gasteiger partial charge in [-0.2, -0.15) is 0 Å². The standard InChI is InChI=1S/C34H44N4O2/c1-5-25-12-9-13-26(6-2)31(25)32-35-24(3)29(23-37(4)30-16-10-14-27-11-7-8-15-28(27)30)33(36-32)38-19-17-34(18-20-38)39-21-22-40-34/h7-9,11-13,15,30H,5-6,10,14,16-23H2,1-4H3/t30-/m0/s1. The lowest BCUT2D eigenvalue weighted by atomic mass is 9.87. The van der Waals surface area contributed by atoms with Crippen LogP contribution in [0, 0.1) is 6.92 Å². The number of fused-ring (bicyclic) bond motifs is 1. The first-order valence-electron chi connectivity index (χ1n) is 15.3. The first-order chi connectivity index (χ1) is 19.5. The van der Waals surface area contributed by atoms with Crippen molar-refractivity contribution in [3.8, 4) is 11.4 Å². The molecule has 0 N–H and O–H groups in total. The minimum absolute atomic E-state index is 0.408. The first kappa shape index (κ1) is 27.4. The zero-order valence-electron chi connectivity index (χ0n) is 24.7. The van der Waals surface area contributed by atoms with E-state index in [4.69, 9.17) is 19.4 Å². The summed E-state index contributed by atoms with van der Waals surface area (Å²) < 4.78 is 12.1. The van der Waals surface area contributed by atoms with Crippen LogP contribution in [0.1, 0.15) is 79.1 Å². The molecule has 2 aromatic carbocycles. The summed E-state index contributed by atoms with van der Waals surface area (Å²) in [6.45, 7) is 10.6. The Bertz CT molecular complexity index is 1320. The zero-order valence-corrected chi connectivity index (χ0v) is 24.7. The number of ether oxygens (including phenoxy) is 2. The summed E-state index contributed by atoms with van der Waals surface area (Å²) in [4.78, 5) is 15.6. The average molecular weight is 541 g/mol. The van der Waals surface area contributed by atoms with Gasteiger partial charge in [0.25, 0.3) is 0 Å². The Kier molecular flexibility index (Phi) is 7.93. The molecule has 6 heteroatoms. The predicted molar refractivity (Wildman–Crippen MR) is 161 cm³/mol. The van der Waals surface area contributed by atoms with Crippen molar-refractivity contribution in [2.24, 2.45) is 0 Å². The molecule has 2 aliphatic heterocycles. The van der Waals surface area contributed by atoms with Crippen molar-refractivity contribution in [1.82, 2.24) is 14.9 Å². The zero-order chi connectivity index (χ0) is 27.7. The van der Waals surface area contributed by atoms with E-state index in [1.165, 1.54) is 52.6 Å². The molecule has 2 fully saturated rings. The topological polar surface area (TPSA) is 50.7 Å². The monoisotopic (exact) mass is 540 g/mol. The summed E-state index contributed by atoms with van der Waals surface area (Å²) in [7, 11) is 2.27. The van der Waals surface area contributed by atoms with Gasteiger partial charge in [-0.05, 0) is 68.3 Å². The second-order valence-electron chi connectivity index (χ2n) is 11.7. The molecule has 0 bridgehead atoms. The summed E-state index contributed by atoms with van der Waals surface area (Å²) >= 11 is 0. The number of benzene rings is 2. The quantitative estimate of drug-likeness (QED) is 0.344. The minimum atomic E-state index is -0.408. The van der Waals surface area contributed by atoms with Crippen molar-refractivity contribution in [2.45, 2.75) is 84.1 Å². The Morgan fingerprint density at radius 2 is 1.65 bits per heavy atom. The van der Waals surface area contributed by atoms with Crippen LogP contribution in [0.25, 0.3) is 11.4 Å². The summed E-state index contributed by atoms with van der Waals surface area (Å²) in [6, 6.07) is 16.0. The van der Waals surface area contributed by atoms with Crippen LogP contribution in [0.3, 0.4) is 0 Å². The molecule has 2 saturated heterocycles. The third kappa shape index (κ3) is 5.17. The fourth-order valence-electron chi connectivity index (χ4n) is 7.06. The van der Waals surface area contributed by atoms with Gasteiger partial charge in [0.15, 0.2) is 11.6 Å². The lowest BCUT2D eigenvalue weighted by Crippen LogP contribution is -2.46. The third-order valence-electron chi connectivity index (χ3n) is 9.33. The number of nitrogens with zero attached hydrogens (tertiary/aromatic N) is 4. The second-order valence-corrected chi connectivity index (χ2v) is 11.7. The van der Waals surface area contributed by atoms with E-state index in [1.54, 1.807) is 0 Å². The maximum Gasteiger partial charge on any atom is 0.171 e. The summed E-state index contributed by atoms with van der Waals surface area (Å²) in [5, 5.41) is 0. The van der Waals surface area contributed by atoms with E-state index < -0.39 is 5.79 Å². The fourth-order valence-corrected chi connectivity index (χ4v) is 7.06. The van der Waals surface area contributed by atoms with Crippen molar-refractivity contribution in [2.75, 3.05) is 38.3 Å². The number of piperidine rings is 1. The van der Waals surface area contributed by atoms with Gasteiger partial charge in [0.2, 0.25) is 0 Å². The smallest absolute Gasteiger partial charge is 0.171 e. The van der Waals surface area contributed by atoms with Gasteiger partial charge in [0, 0.05) is 55.3 Å². The van der Waals surface area contributed by atoms with Crippen LogP contribution in [0.15, 0.2) is 42.5 Å². The van der Waals surface area contributed by atoms with E-state index in [1.807, 2.05) is 0 Å². The second kappa shape index (κ2) is 11.6. The summed E-state index contributed by atoms with van der Waals surface area (Å²) in [6.07, 6.45) is 7.26. The molecular formula is C34H44N4O2. The molecule has 1 spiro atoms. The molecule has 212 valence electrons. The number of hydrogen-bond acceptors (Lipinski definition) is 6. The van der Waals surface area contributed by atoms with Crippen molar-refractivity contribution in [3.05, 3.63) is 76.0 Å². The average Bonchev–Trinajstić information content (AvgIpc) is 3.45. The lowest BCUT2D eigenvalue weighted by Gasteiger charge is -2.39. The van der Waals surface area contributed by atoms with E-state index >= 15 is 0 Å². The number of rotatable bonds is 7.